The Balaban J connectivity index is 1.60. The minimum Gasteiger partial charge on any atom is -0.491 e. The van der Waals surface area contributed by atoms with Gasteiger partial charge in [-0.2, -0.15) is 0 Å². The van der Waals surface area contributed by atoms with Crippen molar-refractivity contribution >= 4 is 23.4 Å². The van der Waals surface area contributed by atoms with E-state index >= 15 is 0 Å². The summed E-state index contributed by atoms with van der Waals surface area (Å²) in [7, 11) is 0. The van der Waals surface area contributed by atoms with E-state index in [-0.39, 0.29) is 29.9 Å². The van der Waals surface area contributed by atoms with Gasteiger partial charge in [-0.25, -0.2) is 4.39 Å². The Bertz CT molecular complexity index is 726. The van der Waals surface area contributed by atoms with Crippen LogP contribution in [0.25, 0.3) is 0 Å². The Hall–Kier alpha value is -2.60. The lowest BCUT2D eigenvalue weighted by atomic mass is 10.2. The van der Waals surface area contributed by atoms with E-state index in [0.29, 0.717) is 24.4 Å². The molecule has 132 valence electrons. The predicted molar refractivity (Wildman–Crippen MR) is 93.3 cm³/mol. The van der Waals surface area contributed by atoms with Crippen LogP contribution in [-0.4, -0.2) is 31.5 Å². The van der Waals surface area contributed by atoms with Crippen molar-refractivity contribution in [3.63, 3.8) is 0 Å². The Morgan fingerprint density at radius 2 is 1.76 bits per heavy atom. The van der Waals surface area contributed by atoms with Crippen LogP contribution in [0.15, 0.2) is 48.5 Å². The first-order valence-electron chi connectivity index (χ1n) is 7.74. The summed E-state index contributed by atoms with van der Waals surface area (Å²) >= 11 is 5.82. The molecular weight excluding hydrogens is 347 g/mol. The molecule has 0 fully saturated rings. The van der Waals surface area contributed by atoms with Gasteiger partial charge < -0.3 is 15.4 Å². The molecule has 0 aromatic heterocycles. The number of hydrogen-bond acceptors (Lipinski definition) is 3. The number of carbonyl (C=O) groups excluding carboxylic acids is 2. The van der Waals surface area contributed by atoms with Crippen LogP contribution in [0.4, 0.5) is 4.39 Å². The molecule has 0 aliphatic rings. The molecule has 0 radical (unpaired) electrons. The first kappa shape index (κ1) is 18.7. The van der Waals surface area contributed by atoms with Crippen LogP contribution in [0.1, 0.15) is 16.8 Å². The van der Waals surface area contributed by atoms with Gasteiger partial charge in [0.25, 0.3) is 5.91 Å². The van der Waals surface area contributed by atoms with Gasteiger partial charge in [-0.15, -0.1) is 0 Å². The molecule has 5 nitrogen and oxygen atoms in total. The van der Waals surface area contributed by atoms with Crippen LogP contribution < -0.4 is 15.4 Å². The third kappa shape index (κ3) is 6.43. The van der Waals surface area contributed by atoms with E-state index in [9.17, 15) is 14.0 Å². The second kappa shape index (κ2) is 9.64. The topological polar surface area (TPSA) is 67.4 Å². The number of ether oxygens (including phenoxy) is 1. The summed E-state index contributed by atoms with van der Waals surface area (Å²) < 4.78 is 18.2. The van der Waals surface area contributed by atoms with E-state index in [1.165, 1.54) is 12.1 Å². The van der Waals surface area contributed by atoms with E-state index in [0.717, 1.165) is 6.07 Å². The summed E-state index contributed by atoms with van der Waals surface area (Å²) in [5.74, 6) is -0.532. The van der Waals surface area contributed by atoms with Gasteiger partial charge in [0.1, 0.15) is 11.6 Å². The third-order valence-corrected chi connectivity index (χ3v) is 3.54. The Morgan fingerprint density at radius 1 is 1.04 bits per heavy atom. The first-order chi connectivity index (χ1) is 12.1. The lowest BCUT2D eigenvalue weighted by Gasteiger charge is -2.09. The van der Waals surface area contributed by atoms with E-state index in [4.69, 9.17) is 16.3 Å². The fraction of sp³-hybridized carbons (Fsp3) is 0.222. The molecule has 2 aromatic rings. The van der Waals surface area contributed by atoms with Crippen LogP contribution >= 0.6 is 11.6 Å². The number of benzene rings is 2. The molecule has 2 aromatic carbocycles. The molecule has 0 unspecified atom stereocenters. The highest BCUT2D eigenvalue weighted by molar-refractivity contribution is 6.32. The molecular formula is C18H18ClFN2O3. The fourth-order valence-corrected chi connectivity index (χ4v) is 2.23. The molecule has 0 aliphatic carbocycles. The zero-order valence-corrected chi connectivity index (χ0v) is 14.2. The highest BCUT2D eigenvalue weighted by Crippen LogP contribution is 2.24. The minimum atomic E-state index is -0.451. The lowest BCUT2D eigenvalue weighted by Crippen LogP contribution is -2.35. The standard InChI is InChI=1S/C18H18ClFN2O3/c19-15-12-14(20)6-7-16(15)25-11-8-17(23)21-9-10-22-18(24)13-4-2-1-3-5-13/h1-7,12H,8-11H2,(H,21,23)(H,22,24). The summed E-state index contributed by atoms with van der Waals surface area (Å²) in [6.07, 6.45) is 0.125. The van der Waals surface area contributed by atoms with Gasteiger partial charge in [-0.3, -0.25) is 9.59 Å². The monoisotopic (exact) mass is 364 g/mol. The second-order valence-electron chi connectivity index (χ2n) is 5.15. The summed E-state index contributed by atoms with van der Waals surface area (Å²) in [5.41, 5.74) is 0.568. The zero-order valence-electron chi connectivity index (χ0n) is 13.4. The van der Waals surface area contributed by atoms with E-state index in [1.54, 1.807) is 24.3 Å². The number of hydrogen-bond donors (Lipinski definition) is 2. The van der Waals surface area contributed by atoms with Crippen molar-refractivity contribution in [3.05, 3.63) is 64.9 Å². The fourth-order valence-electron chi connectivity index (χ4n) is 2.00. The van der Waals surface area contributed by atoms with E-state index in [1.807, 2.05) is 6.07 Å². The number of nitrogens with one attached hydrogen (secondary N) is 2. The predicted octanol–water partition coefficient (Wildman–Crippen LogP) is 2.79. The molecule has 0 bridgehead atoms. The molecule has 2 rings (SSSR count). The largest absolute Gasteiger partial charge is 0.491 e. The number of carbonyl (C=O) groups is 2. The maximum atomic E-state index is 12.9. The summed E-state index contributed by atoms with van der Waals surface area (Å²) in [6, 6.07) is 12.6. The maximum absolute atomic E-state index is 12.9. The summed E-state index contributed by atoms with van der Waals surface area (Å²) in [4.78, 5) is 23.5. The smallest absolute Gasteiger partial charge is 0.251 e. The molecule has 0 atom stereocenters. The Labute approximate surface area is 150 Å². The Morgan fingerprint density at radius 3 is 2.48 bits per heavy atom. The zero-order chi connectivity index (χ0) is 18.1. The van der Waals surface area contributed by atoms with Crippen molar-refractivity contribution in [1.82, 2.24) is 10.6 Å². The normalized spacial score (nSPS) is 10.2. The molecule has 25 heavy (non-hydrogen) atoms. The quantitative estimate of drug-likeness (QED) is 0.708. The number of rotatable bonds is 8. The van der Waals surface area contributed by atoms with Crippen LogP contribution in [0.2, 0.25) is 5.02 Å². The van der Waals surface area contributed by atoms with Gasteiger partial charge in [-0.05, 0) is 30.3 Å². The average molecular weight is 365 g/mol. The molecule has 7 heteroatoms. The van der Waals surface area contributed by atoms with Crippen molar-refractivity contribution < 1.29 is 18.7 Å². The molecule has 0 spiro atoms. The highest BCUT2D eigenvalue weighted by Gasteiger charge is 2.06. The third-order valence-electron chi connectivity index (χ3n) is 3.25. The number of halogens is 2. The van der Waals surface area contributed by atoms with Crippen molar-refractivity contribution in [2.45, 2.75) is 6.42 Å². The van der Waals surface area contributed by atoms with E-state index < -0.39 is 5.82 Å². The van der Waals surface area contributed by atoms with Crippen LogP contribution in [0.3, 0.4) is 0 Å². The molecule has 0 heterocycles. The Kier molecular flexibility index (Phi) is 7.22. The van der Waals surface area contributed by atoms with Crippen molar-refractivity contribution in [2.24, 2.45) is 0 Å². The molecule has 0 aliphatic heterocycles. The molecule has 2 N–H and O–H groups in total. The second-order valence-corrected chi connectivity index (χ2v) is 5.55. The average Bonchev–Trinajstić information content (AvgIpc) is 2.61. The summed E-state index contributed by atoms with van der Waals surface area (Å²) in [6.45, 7) is 0.756. The lowest BCUT2D eigenvalue weighted by molar-refractivity contribution is -0.121. The van der Waals surface area contributed by atoms with Gasteiger partial charge in [0.2, 0.25) is 5.91 Å². The van der Waals surface area contributed by atoms with Gasteiger partial charge >= 0.3 is 0 Å². The number of amides is 2. The van der Waals surface area contributed by atoms with Crippen molar-refractivity contribution in [1.29, 1.82) is 0 Å². The minimum absolute atomic E-state index is 0.119. The highest BCUT2D eigenvalue weighted by atomic mass is 35.5. The van der Waals surface area contributed by atoms with Crippen LogP contribution in [-0.2, 0) is 4.79 Å². The van der Waals surface area contributed by atoms with Gasteiger partial charge in [0.15, 0.2) is 0 Å². The van der Waals surface area contributed by atoms with Crippen LogP contribution in [0, 0.1) is 5.82 Å². The molecule has 2 amide bonds. The van der Waals surface area contributed by atoms with E-state index in [2.05, 4.69) is 10.6 Å². The van der Waals surface area contributed by atoms with Gasteiger partial charge in [-0.1, -0.05) is 29.8 Å². The van der Waals surface area contributed by atoms with Gasteiger partial charge in [0.05, 0.1) is 18.1 Å². The molecule has 0 saturated heterocycles. The maximum Gasteiger partial charge on any atom is 0.251 e. The van der Waals surface area contributed by atoms with Crippen molar-refractivity contribution in [3.8, 4) is 5.75 Å². The van der Waals surface area contributed by atoms with Crippen LogP contribution in [0.5, 0.6) is 5.75 Å². The first-order valence-corrected chi connectivity index (χ1v) is 8.12. The van der Waals surface area contributed by atoms with Gasteiger partial charge in [0, 0.05) is 18.7 Å². The van der Waals surface area contributed by atoms with Crippen molar-refractivity contribution in [2.75, 3.05) is 19.7 Å². The molecule has 0 saturated carbocycles. The summed E-state index contributed by atoms with van der Waals surface area (Å²) in [5, 5.41) is 5.54. The SMILES string of the molecule is O=C(CCOc1ccc(F)cc1Cl)NCCNC(=O)c1ccccc1.